The Kier molecular flexibility index (Phi) is 3.72. The predicted octanol–water partition coefficient (Wildman–Crippen LogP) is 3.99. The summed E-state index contributed by atoms with van der Waals surface area (Å²) in [6.07, 6.45) is 6.99. The molecule has 3 heterocycles. The highest BCUT2D eigenvalue weighted by Gasteiger charge is 2.09. The zero-order chi connectivity index (χ0) is 16.4. The molecule has 0 saturated carbocycles. The molecular weight excluding hydrogens is 318 g/mol. The number of nitrogens with zero attached hydrogens (tertiary/aromatic N) is 3. The van der Waals surface area contributed by atoms with Crippen LogP contribution < -0.4 is 10.6 Å². The summed E-state index contributed by atoms with van der Waals surface area (Å²) in [5.74, 6) is 0. The number of hydrogen-bond donors (Lipinski definition) is 2. The van der Waals surface area contributed by atoms with Crippen molar-refractivity contribution in [1.82, 2.24) is 15.0 Å². The lowest BCUT2D eigenvalue weighted by Gasteiger charge is -2.13. The molecule has 5 nitrogen and oxygen atoms in total. The molecule has 4 aromatic rings. The van der Waals surface area contributed by atoms with Crippen molar-refractivity contribution in [2.75, 3.05) is 10.6 Å². The Balaban J connectivity index is 1.74. The van der Waals surface area contributed by atoms with Crippen molar-refractivity contribution in [1.29, 1.82) is 0 Å². The van der Waals surface area contributed by atoms with E-state index in [1.807, 2.05) is 42.5 Å². The maximum Gasteiger partial charge on any atom is 0.175 e. The van der Waals surface area contributed by atoms with Gasteiger partial charge in [0.2, 0.25) is 0 Å². The van der Waals surface area contributed by atoms with Crippen molar-refractivity contribution < 1.29 is 0 Å². The van der Waals surface area contributed by atoms with Crippen LogP contribution in [-0.4, -0.2) is 20.1 Å². The average Bonchev–Trinajstić information content (AvgIpc) is 2.63. The SMILES string of the molecule is S=C(Nc1cccnc1)Nc1cc2cccnc2c2cccnc12. The average molecular weight is 331 g/mol. The van der Waals surface area contributed by atoms with E-state index in [-0.39, 0.29) is 0 Å². The molecule has 0 saturated heterocycles. The van der Waals surface area contributed by atoms with E-state index in [1.54, 1.807) is 24.8 Å². The van der Waals surface area contributed by atoms with Gasteiger partial charge in [-0.25, -0.2) is 0 Å². The van der Waals surface area contributed by atoms with Crippen LogP contribution in [0.5, 0.6) is 0 Å². The summed E-state index contributed by atoms with van der Waals surface area (Å²) in [5, 5.41) is 8.85. The van der Waals surface area contributed by atoms with E-state index < -0.39 is 0 Å². The minimum Gasteiger partial charge on any atom is -0.331 e. The number of benzene rings is 1. The fraction of sp³-hybridized carbons (Fsp3) is 0. The second-order valence-electron chi connectivity index (χ2n) is 5.22. The molecule has 0 amide bonds. The van der Waals surface area contributed by atoms with Gasteiger partial charge in [0, 0.05) is 29.4 Å². The number of fused-ring (bicyclic) bond motifs is 3. The Morgan fingerprint density at radius 1 is 0.875 bits per heavy atom. The van der Waals surface area contributed by atoms with E-state index in [9.17, 15) is 0 Å². The molecule has 0 radical (unpaired) electrons. The second kappa shape index (κ2) is 6.17. The first-order valence-corrected chi connectivity index (χ1v) is 7.82. The number of thiocarbonyl (C=S) groups is 1. The lowest BCUT2D eigenvalue weighted by Crippen LogP contribution is -2.19. The molecular formula is C18H13N5S. The number of hydrogen-bond acceptors (Lipinski definition) is 4. The minimum absolute atomic E-state index is 0.484. The van der Waals surface area contributed by atoms with Gasteiger partial charge in [-0.05, 0) is 48.6 Å². The molecule has 0 fully saturated rings. The smallest absolute Gasteiger partial charge is 0.175 e. The Hall–Kier alpha value is -3.12. The van der Waals surface area contributed by atoms with Crippen molar-refractivity contribution in [2.45, 2.75) is 0 Å². The first-order chi connectivity index (χ1) is 11.8. The highest BCUT2D eigenvalue weighted by Crippen LogP contribution is 2.29. The molecule has 0 atom stereocenters. The third-order valence-corrected chi connectivity index (χ3v) is 3.83. The van der Waals surface area contributed by atoms with Crippen LogP contribution in [-0.2, 0) is 0 Å². The van der Waals surface area contributed by atoms with Crippen molar-refractivity contribution in [3.8, 4) is 0 Å². The molecule has 6 heteroatoms. The van der Waals surface area contributed by atoms with Gasteiger partial charge in [0.05, 0.1) is 28.6 Å². The highest BCUT2D eigenvalue weighted by molar-refractivity contribution is 7.80. The maximum atomic E-state index is 5.41. The summed E-state index contributed by atoms with van der Waals surface area (Å²) in [6.45, 7) is 0. The molecule has 4 rings (SSSR count). The monoisotopic (exact) mass is 331 g/mol. The Bertz CT molecular complexity index is 1030. The number of aromatic nitrogens is 3. The second-order valence-corrected chi connectivity index (χ2v) is 5.63. The van der Waals surface area contributed by atoms with E-state index in [4.69, 9.17) is 12.2 Å². The van der Waals surface area contributed by atoms with Gasteiger partial charge in [-0.1, -0.05) is 6.07 Å². The molecule has 0 bridgehead atoms. The largest absolute Gasteiger partial charge is 0.331 e. The van der Waals surface area contributed by atoms with Gasteiger partial charge in [0.15, 0.2) is 5.11 Å². The van der Waals surface area contributed by atoms with Crippen molar-refractivity contribution >= 4 is 50.5 Å². The minimum atomic E-state index is 0.484. The molecule has 24 heavy (non-hydrogen) atoms. The number of anilines is 2. The normalized spacial score (nSPS) is 10.7. The zero-order valence-corrected chi connectivity index (χ0v) is 13.4. The third-order valence-electron chi connectivity index (χ3n) is 3.62. The molecule has 0 spiro atoms. The summed E-state index contributed by atoms with van der Waals surface area (Å²) < 4.78 is 0. The Morgan fingerprint density at radius 2 is 1.67 bits per heavy atom. The Labute approximate surface area is 143 Å². The Morgan fingerprint density at radius 3 is 2.50 bits per heavy atom. The predicted molar refractivity (Wildman–Crippen MR) is 101 cm³/mol. The lowest BCUT2D eigenvalue weighted by molar-refractivity contribution is 1.33. The van der Waals surface area contributed by atoms with E-state index in [2.05, 4.69) is 25.6 Å². The summed E-state index contributed by atoms with van der Waals surface area (Å²) in [4.78, 5) is 13.0. The van der Waals surface area contributed by atoms with Gasteiger partial charge >= 0.3 is 0 Å². The topological polar surface area (TPSA) is 62.7 Å². The molecule has 0 aliphatic carbocycles. The van der Waals surface area contributed by atoms with Gasteiger partial charge in [0.25, 0.3) is 0 Å². The van der Waals surface area contributed by atoms with Gasteiger partial charge in [-0.2, -0.15) is 0 Å². The van der Waals surface area contributed by atoms with Crippen molar-refractivity contribution in [2.24, 2.45) is 0 Å². The van der Waals surface area contributed by atoms with Gasteiger partial charge in [-0.3, -0.25) is 15.0 Å². The van der Waals surface area contributed by atoms with Gasteiger partial charge < -0.3 is 10.6 Å². The zero-order valence-electron chi connectivity index (χ0n) is 12.6. The summed E-state index contributed by atoms with van der Waals surface area (Å²) in [5.41, 5.74) is 3.43. The lowest BCUT2D eigenvalue weighted by atomic mass is 10.1. The van der Waals surface area contributed by atoms with Crippen LogP contribution in [0.1, 0.15) is 0 Å². The molecule has 1 aromatic carbocycles. The van der Waals surface area contributed by atoms with E-state index in [1.165, 1.54) is 0 Å². The van der Waals surface area contributed by atoms with E-state index in [0.717, 1.165) is 33.2 Å². The number of pyridine rings is 3. The van der Waals surface area contributed by atoms with Crippen LogP contribution in [0.3, 0.4) is 0 Å². The van der Waals surface area contributed by atoms with Crippen LogP contribution in [0.2, 0.25) is 0 Å². The summed E-state index contributed by atoms with van der Waals surface area (Å²) >= 11 is 5.41. The van der Waals surface area contributed by atoms with Gasteiger partial charge in [0.1, 0.15) is 0 Å². The molecule has 116 valence electrons. The van der Waals surface area contributed by atoms with Crippen LogP contribution in [0.15, 0.2) is 67.3 Å². The van der Waals surface area contributed by atoms with Crippen molar-refractivity contribution in [3.63, 3.8) is 0 Å². The van der Waals surface area contributed by atoms with Crippen LogP contribution in [0, 0.1) is 0 Å². The number of nitrogens with one attached hydrogen (secondary N) is 2. The fourth-order valence-electron chi connectivity index (χ4n) is 2.61. The van der Waals surface area contributed by atoms with Gasteiger partial charge in [-0.15, -0.1) is 0 Å². The van der Waals surface area contributed by atoms with Crippen LogP contribution >= 0.6 is 12.2 Å². The molecule has 3 aromatic heterocycles. The highest BCUT2D eigenvalue weighted by atomic mass is 32.1. The van der Waals surface area contributed by atoms with E-state index in [0.29, 0.717) is 5.11 Å². The van der Waals surface area contributed by atoms with E-state index >= 15 is 0 Å². The first kappa shape index (κ1) is 14.5. The van der Waals surface area contributed by atoms with Crippen LogP contribution in [0.25, 0.3) is 21.8 Å². The summed E-state index contributed by atoms with van der Waals surface area (Å²) in [6, 6.07) is 13.6. The first-order valence-electron chi connectivity index (χ1n) is 7.42. The molecule has 2 N–H and O–H groups in total. The summed E-state index contributed by atoms with van der Waals surface area (Å²) in [7, 11) is 0. The molecule has 0 aliphatic rings. The van der Waals surface area contributed by atoms with Crippen LogP contribution in [0.4, 0.5) is 11.4 Å². The van der Waals surface area contributed by atoms with Crippen molar-refractivity contribution in [3.05, 3.63) is 67.3 Å². The standard InChI is InChI=1S/C18H13N5S/c24-18(22-13-5-2-7-19-11-13)23-15-10-12-4-1-8-20-16(12)14-6-3-9-21-17(14)15/h1-11H,(H2,22,23,24). The quantitative estimate of drug-likeness (QED) is 0.428. The third kappa shape index (κ3) is 2.75. The fourth-order valence-corrected chi connectivity index (χ4v) is 2.84. The number of rotatable bonds is 2. The molecule has 0 unspecified atom stereocenters. The maximum absolute atomic E-state index is 5.41. The molecule has 0 aliphatic heterocycles.